The van der Waals surface area contributed by atoms with Gasteiger partial charge in [0.15, 0.2) is 0 Å². The highest BCUT2D eigenvalue weighted by atomic mass is 16.5. The molecule has 1 saturated heterocycles. The Bertz CT molecular complexity index is 1040. The highest BCUT2D eigenvalue weighted by molar-refractivity contribution is 5.86. The number of rotatable bonds is 9. The molecule has 2 N–H and O–H groups in total. The maximum atomic E-state index is 13.3. The first-order valence-electron chi connectivity index (χ1n) is 12.5. The summed E-state index contributed by atoms with van der Waals surface area (Å²) in [6.45, 7) is 5.25. The first-order chi connectivity index (χ1) is 16.9. The Morgan fingerprint density at radius 1 is 1.09 bits per heavy atom. The Labute approximate surface area is 206 Å². The summed E-state index contributed by atoms with van der Waals surface area (Å²) in [5, 5.41) is 11.8. The largest absolute Gasteiger partial charge is 0.481 e. The molecule has 0 saturated carbocycles. The molecule has 2 aromatic carbocycles. The molecule has 35 heavy (non-hydrogen) atoms. The summed E-state index contributed by atoms with van der Waals surface area (Å²) in [5.41, 5.74) is 4.61. The van der Waals surface area contributed by atoms with E-state index in [1.54, 1.807) is 4.90 Å². The quantitative estimate of drug-likeness (QED) is 0.547. The number of carbonyl (C=O) groups is 3. The number of carboxylic acids is 1. The number of nitrogens with zero attached hydrogens (tertiary/aromatic N) is 1. The Balaban J connectivity index is 1.38. The van der Waals surface area contributed by atoms with E-state index in [4.69, 9.17) is 9.84 Å². The number of carboxylic acid groups (broad SMARTS) is 1. The molecule has 3 atom stereocenters. The second kappa shape index (κ2) is 10.9. The molecule has 1 aliphatic heterocycles. The van der Waals surface area contributed by atoms with Crippen molar-refractivity contribution in [2.75, 3.05) is 19.7 Å². The number of amides is 2. The summed E-state index contributed by atoms with van der Waals surface area (Å²) in [6.07, 6.45) is 1.60. The van der Waals surface area contributed by atoms with Crippen LogP contribution in [-0.2, 0) is 14.3 Å². The average molecular weight is 479 g/mol. The number of hydrogen-bond donors (Lipinski definition) is 2. The van der Waals surface area contributed by atoms with Crippen LogP contribution in [0.15, 0.2) is 48.5 Å². The lowest BCUT2D eigenvalue weighted by Crippen LogP contribution is -2.51. The Hall–Kier alpha value is -3.35. The SMILES string of the molecule is CCC(C)[C@H](NC(=O)OCC1c2ccccc2-c2ccccc21)C(=O)N1CCC(CCC(=O)O)C1. The van der Waals surface area contributed by atoms with Crippen molar-refractivity contribution in [3.8, 4) is 11.1 Å². The van der Waals surface area contributed by atoms with Gasteiger partial charge >= 0.3 is 12.1 Å². The van der Waals surface area contributed by atoms with Crippen molar-refractivity contribution in [1.82, 2.24) is 10.2 Å². The zero-order valence-corrected chi connectivity index (χ0v) is 20.4. The number of fused-ring (bicyclic) bond motifs is 3. The molecule has 0 aromatic heterocycles. The van der Waals surface area contributed by atoms with Gasteiger partial charge in [0.05, 0.1) is 0 Å². The van der Waals surface area contributed by atoms with Crippen LogP contribution in [0.1, 0.15) is 56.6 Å². The summed E-state index contributed by atoms with van der Waals surface area (Å²) in [6, 6.07) is 15.7. The van der Waals surface area contributed by atoms with Crippen LogP contribution in [0.4, 0.5) is 4.79 Å². The molecule has 4 rings (SSSR count). The number of benzene rings is 2. The van der Waals surface area contributed by atoms with Crippen molar-refractivity contribution in [2.45, 2.75) is 51.5 Å². The number of aliphatic carboxylic acids is 1. The molecule has 7 heteroatoms. The van der Waals surface area contributed by atoms with Crippen LogP contribution in [0.3, 0.4) is 0 Å². The van der Waals surface area contributed by atoms with Crippen molar-refractivity contribution >= 4 is 18.0 Å². The van der Waals surface area contributed by atoms with Gasteiger partial charge in [0, 0.05) is 25.4 Å². The third-order valence-corrected chi connectivity index (χ3v) is 7.46. The third-order valence-electron chi connectivity index (χ3n) is 7.46. The van der Waals surface area contributed by atoms with Crippen LogP contribution >= 0.6 is 0 Å². The van der Waals surface area contributed by atoms with E-state index in [-0.39, 0.29) is 36.7 Å². The third kappa shape index (κ3) is 5.50. The monoisotopic (exact) mass is 478 g/mol. The molecule has 2 aromatic rings. The maximum absolute atomic E-state index is 13.3. The van der Waals surface area contributed by atoms with Crippen molar-refractivity contribution < 1.29 is 24.2 Å². The average Bonchev–Trinajstić information content (AvgIpc) is 3.47. The van der Waals surface area contributed by atoms with E-state index in [2.05, 4.69) is 29.6 Å². The second-order valence-corrected chi connectivity index (χ2v) is 9.70. The number of ether oxygens (including phenoxy) is 1. The lowest BCUT2D eigenvalue weighted by molar-refractivity contribution is -0.137. The number of nitrogens with one attached hydrogen (secondary N) is 1. The molecule has 2 unspecified atom stereocenters. The predicted octanol–water partition coefficient (Wildman–Crippen LogP) is 4.65. The van der Waals surface area contributed by atoms with E-state index in [1.807, 2.05) is 38.1 Å². The minimum absolute atomic E-state index is 0.0422. The molecule has 2 aliphatic rings. The predicted molar refractivity (Wildman–Crippen MR) is 133 cm³/mol. The maximum Gasteiger partial charge on any atom is 0.407 e. The van der Waals surface area contributed by atoms with Gasteiger partial charge < -0.3 is 20.1 Å². The van der Waals surface area contributed by atoms with E-state index in [0.717, 1.165) is 35.1 Å². The molecular formula is C28H34N2O5. The number of likely N-dealkylation sites (tertiary alicyclic amines) is 1. The van der Waals surface area contributed by atoms with Crippen molar-refractivity contribution in [3.05, 3.63) is 59.7 Å². The highest BCUT2D eigenvalue weighted by Gasteiger charge is 2.35. The number of hydrogen-bond acceptors (Lipinski definition) is 4. The van der Waals surface area contributed by atoms with Crippen LogP contribution in [0, 0.1) is 11.8 Å². The molecule has 0 radical (unpaired) electrons. The minimum Gasteiger partial charge on any atom is -0.481 e. The lowest BCUT2D eigenvalue weighted by Gasteiger charge is -2.28. The first kappa shape index (κ1) is 24.8. The molecule has 1 heterocycles. The zero-order valence-electron chi connectivity index (χ0n) is 20.4. The molecule has 2 amide bonds. The number of alkyl carbamates (subject to hydrolysis) is 1. The molecule has 1 aliphatic carbocycles. The van der Waals surface area contributed by atoms with Crippen LogP contribution < -0.4 is 5.32 Å². The molecule has 0 spiro atoms. The fourth-order valence-corrected chi connectivity index (χ4v) is 5.24. The van der Waals surface area contributed by atoms with E-state index in [0.29, 0.717) is 19.5 Å². The van der Waals surface area contributed by atoms with Gasteiger partial charge in [-0.1, -0.05) is 68.8 Å². The van der Waals surface area contributed by atoms with Gasteiger partial charge in [0.25, 0.3) is 0 Å². The van der Waals surface area contributed by atoms with E-state index in [1.165, 1.54) is 0 Å². The molecule has 186 valence electrons. The zero-order chi connectivity index (χ0) is 24.9. The Morgan fingerprint density at radius 2 is 1.71 bits per heavy atom. The summed E-state index contributed by atoms with van der Waals surface area (Å²) in [5.74, 6) is -0.850. The summed E-state index contributed by atoms with van der Waals surface area (Å²) >= 11 is 0. The van der Waals surface area contributed by atoms with Gasteiger partial charge in [-0.2, -0.15) is 0 Å². The fraction of sp³-hybridized carbons (Fsp3) is 0.464. The second-order valence-electron chi connectivity index (χ2n) is 9.70. The van der Waals surface area contributed by atoms with Gasteiger partial charge in [0.1, 0.15) is 12.6 Å². The molecular weight excluding hydrogens is 444 g/mol. The standard InChI is InChI=1S/C28H34N2O5/c1-3-18(2)26(27(33)30-15-14-19(16-30)12-13-25(31)32)29-28(34)35-17-24-22-10-6-4-8-20(22)21-9-5-7-11-23(21)24/h4-11,18-19,24,26H,3,12-17H2,1-2H3,(H,29,34)(H,31,32)/t18?,19?,26-/m0/s1. The smallest absolute Gasteiger partial charge is 0.407 e. The van der Waals surface area contributed by atoms with Crippen molar-refractivity contribution in [1.29, 1.82) is 0 Å². The molecule has 1 fully saturated rings. The molecule has 0 bridgehead atoms. The summed E-state index contributed by atoms with van der Waals surface area (Å²) in [4.78, 5) is 38.8. The topological polar surface area (TPSA) is 95.9 Å². The van der Waals surface area contributed by atoms with Gasteiger partial charge in [-0.15, -0.1) is 0 Å². The van der Waals surface area contributed by atoms with E-state index >= 15 is 0 Å². The van der Waals surface area contributed by atoms with Gasteiger partial charge in [-0.05, 0) is 46.9 Å². The van der Waals surface area contributed by atoms with Crippen LogP contribution in [-0.4, -0.2) is 53.7 Å². The first-order valence-corrected chi connectivity index (χ1v) is 12.5. The van der Waals surface area contributed by atoms with Gasteiger partial charge in [-0.3, -0.25) is 9.59 Å². The van der Waals surface area contributed by atoms with E-state index < -0.39 is 18.1 Å². The van der Waals surface area contributed by atoms with Crippen LogP contribution in [0.25, 0.3) is 11.1 Å². The summed E-state index contributed by atoms with van der Waals surface area (Å²) in [7, 11) is 0. The van der Waals surface area contributed by atoms with Gasteiger partial charge in [-0.25, -0.2) is 4.79 Å². The van der Waals surface area contributed by atoms with Crippen LogP contribution in [0.5, 0.6) is 0 Å². The Kier molecular flexibility index (Phi) is 7.73. The van der Waals surface area contributed by atoms with Gasteiger partial charge in [0.2, 0.25) is 5.91 Å². The molecule has 7 nitrogen and oxygen atoms in total. The van der Waals surface area contributed by atoms with Crippen LogP contribution in [0.2, 0.25) is 0 Å². The van der Waals surface area contributed by atoms with Crippen molar-refractivity contribution in [2.24, 2.45) is 11.8 Å². The summed E-state index contributed by atoms with van der Waals surface area (Å²) < 4.78 is 5.68. The van der Waals surface area contributed by atoms with Crippen molar-refractivity contribution in [3.63, 3.8) is 0 Å². The highest BCUT2D eigenvalue weighted by Crippen LogP contribution is 2.44. The fourth-order valence-electron chi connectivity index (χ4n) is 5.24. The normalized spacial score (nSPS) is 18.5. The lowest BCUT2D eigenvalue weighted by atomic mass is 9.97. The van der Waals surface area contributed by atoms with E-state index in [9.17, 15) is 14.4 Å². The number of carbonyl (C=O) groups excluding carboxylic acids is 2. The minimum atomic E-state index is -0.816. The Morgan fingerprint density at radius 3 is 2.31 bits per heavy atom.